The highest BCUT2D eigenvalue weighted by atomic mass is 32.2. The number of ether oxygens (including phenoxy) is 2. The van der Waals surface area contributed by atoms with Crippen LogP contribution >= 0.6 is 0 Å². The van der Waals surface area contributed by atoms with E-state index in [1.54, 1.807) is 48.5 Å². The second-order valence-electron chi connectivity index (χ2n) is 9.68. The molecule has 2 aromatic rings. The van der Waals surface area contributed by atoms with Crippen LogP contribution in [0, 0.1) is 0 Å². The minimum Gasteiger partial charge on any atom is -0.487 e. The van der Waals surface area contributed by atoms with E-state index in [1.807, 2.05) is 0 Å². The van der Waals surface area contributed by atoms with Gasteiger partial charge in [0, 0.05) is 23.2 Å². The molecule has 35 heavy (non-hydrogen) atoms. The summed E-state index contributed by atoms with van der Waals surface area (Å²) < 4.78 is 40.4. The predicted octanol–water partition coefficient (Wildman–Crippen LogP) is 3.32. The summed E-state index contributed by atoms with van der Waals surface area (Å²) in [5.74, 6) is 0.516. The molecule has 0 spiro atoms. The van der Waals surface area contributed by atoms with Crippen molar-refractivity contribution in [2.75, 3.05) is 11.3 Å². The van der Waals surface area contributed by atoms with E-state index in [1.165, 1.54) is 6.42 Å². The number of aliphatic hydroxyl groups excluding tert-OH is 1. The Morgan fingerprint density at radius 3 is 2.57 bits per heavy atom. The molecule has 1 saturated heterocycles. The first-order chi connectivity index (χ1) is 16.9. The van der Waals surface area contributed by atoms with Gasteiger partial charge in [0.1, 0.15) is 18.0 Å². The quantitative estimate of drug-likeness (QED) is 0.538. The van der Waals surface area contributed by atoms with E-state index < -0.39 is 16.1 Å². The summed E-state index contributed by atoms with van der Waals surface area (Å²) in [6.07, 6.45) is 5.05. The highest BCUT2D eigenvalue weighted by Gasteiger charge is 2.46. The molecule has 5 rings (SSSR count). The number of amides is 1. The van der Waals surface area contributed by atoms with Gasteiger partial charge in [-0.3, -0.25) is 9.52 Å². The van der Waals surface area contributed by atoms with Crippen LogP contribution in [0.25, 0.3) is 0 Å². The Labute approximate surface area is 206 Å². The Hall–Kier alpha value is -2.62. The zero-order chi connectivity index (χ0) is 24.4. The summed E-state index contributed by atoms with van der Waals surface area (Å²) in [5.41, 5.74) is 1.30. The molecule has 188 valence electrons. The number of carbonyl (C=O) groups excluding carboxylic acids is 1. The molecule has 2 heterocycles. The number of rotatable bonds is 7. The average Bonchev–Trinajstić information content (AvgIpc) is 3.22. The first-order valence-corrected chi connectivity index (χ1v) is 13.9. The van der Waals surface area contributed by atoms with Gasteiger partial charge in [0.2, 0.25) is 5.91 Å². The van der Waals surface area contributed by atoms with Crippen molar-refractivity contribution in [3.63, 3.8) is 0 Å². The van der Waals surface area contributed by atoms with Gasteiger partial charge in [0.15, 0.2) is 0 Å². The van der Waals surface area contributed by atoms with Crippen molar-refractivity contribution >= 4 is 21.6 Å². The second-order valence-corrected chi connectivity index (χ2v) is 11.4. The normalized spacial score (nSPS) is 26.3. The van der Waals surface area contributed by atoms with Crippen LogP contribution < -0.4 is 14.8 Å². The van der Waals surface area contributed by atoms with E-state index in [9.17, 15) is 18.3 Å². The highest BCUT2D eigenvalue weighted by Crippen LogP contribution is 2.47. The minimum atomic E-state index is -3.72. The van der Waals surface area contributed by atoms with E-state index in [0.29, 0.717) is 17.9 Å². The van der Waals surface area contributed by atoms with Crippen LogP contribution in [0.1, 0.15) is 56.4 Å². The number of anilines is 1. The topological polar surface area (TPSA) is 114 Å². The largest absolute Gasteiger partial charge is 0.487 e. The molecule has 2 aromatic carbocycles. The number of hydrogen-bond donors (Lipinski definition) is 3. The number of nitrogens with one attached hydrogen (secondary N) is 2. The SMILES string of the molecule is O=C(C[C@H]1C[C@H]2c3cc(NS(=O)(=O)c4ccccc4)ccc3O[C@H]2[C@H](CO)O1)NC1CCCCC1. The minimum absolute atomic E-state index is 0.0273. The van der Waals surface area contributed by atoms with E-state index in [0.717, 1.165) is 31.2 Å². The Balaban J connectivity index is 1.30. The molecule has 0 aromatic heterocycles. The molecule has 8 nitrogen and oxygen atoms in total. The molecule has 1 amide bonds. The lowest BCUT2D eigenvalue weighted by Gasteiger charge is -2.37. The fraction of sp³-hybridized carbons (Fsp3) is 0.500. The molecule has 1 aliphatic carbocycles. The lowest BCUT2D eigenvalue weighted by molar-refractivity contribution is -0.142. The third kappa shape index (κ3) is 5.32. The molecule has 0 bridgehead atoms. The molecule has 2 aliphatic heterocycles. The fourth-order valence-electron chi connectivity index (χ4n) is 5.51. The van der Waals surface area contributed by atoms with Crippen molar-refractivity contribution in [1.29, 1.82) is 0 Å². The average molecular weight is 501 g/mol. The third-order valence-electron chi connectivity index (χ3n) is 7.19. The van der Waals surface area contributed by atoms with Gasteiger partial charge in [-0.2, -0.15) is 0 Å². The van der Waals surface area contributed by atoms with Gasteiger partial charge >= 0.3 is 0 Å². The summed E-state index contributed by atoms with van der Waals surface area (Å²) in [6.45, 7) is -0.219. The maximum absolute atomic E-state index is 12.8. The first-order valence-electron chi connectivity index (χ1n) is 12.4. The van der Waals surface area contributed by atoms with Gasteiger partial charge in [-0.25, -0.2) is 8.42 Å². The Kier molecular flexibility index (Phi) is 7.00. The summed E-state index contributed by atoms with van der Waals surface area (Å²) in [6, 6.07) is 13.6. The number of carbonyl (C=O) groups is 1. The standard InChI is InChI=1S/C26H32N2O6S/c29-16-24-26-22(14-19(33-24)15-25(30)27-17-7-3-1-4-8-17)21-13-18(11-12-23(21)34-26)28-35(31,32)20-9-5-2-6-10-20/h2,5-6,9-13,17,19,22,24,26,28-29H,1,3-4,7-8,14-16H2,(H,27,30)/t19-,22+,24+,26-/m1/s1. The summed E-state index contributed by atoms with van der Waals surface area (Å²) in [4.78, 5) is 12.9. The van der Waals surface area contributed by atoms with E-state index in [4.69, 9.17) is 9.47 Å². The first kappa shape index (κ1) is 24.1. The zero-order valence-corrected chi connectivity index (χ0v) is 20.4. The Morgan fingerprint density at radius 2 is 1.83 bits per heavy atom. The molecular formula is C26H32N2O6S. The van der Waals surface area contributed by atoms with Crippen LogP contribution in [0.2, 0.25) is 0 Å². The van der Waals surface area contributed by atoms with Crippen LogP contribution in [0.15, 0.2) is 53.4 Å². The lowest BCUT2D eigenvalue weighted by Crippen LogP contribution is -2.48. The van der Waals surface area contributed by atoms with Crippen LogP contribution in [-0.4, -0.2) is 50.4 Å². The monoisotopic (exact) mass is 500 g/mol. The van der Waals surface area contributed by atoms with Crippen LogP contribution in [0.5, 0.6) is 5.75 Å². The van der Waals surface area contributed by atoms with Crippen molar-refractivity contribution in [1.82, 2.24) is 5.32 Å². The fourth-order valence-corrected chi connectivity index (χ4v) is 6.58. The summed E-state index contributed by atoms with van der Waals surface area (Å²) >= 11 is 0. The van der Waals surface area contributed by atoms with Gasteiger partial charge in [0.25, 0.3) is 10.0 Å². The number of benzene rings is 2. The lowest BCUT2D eigenvalue weighted by atomic mass is 9.84. The summed E-state index contributed by atoms with van der Waals surface area (Å²) in [7, 11) is -3.72. The van der Waals surface area contributed by atoms with Crippen molar-refractivity contribution in [3.8, 4) is 5.75 Å². The van der Waals surface area contributed by atoms with Crippen LogP contribution in [0.3, 0.4) is 0 Å². The number of hydrogen-bond acceptors (Lipinski definition) is 6. The summed E-state index contributed by atoms with van der Waals surface area (Å²) in [5, 5.41) is 13.1. The number of sulfonamides is 1. The van der Waals surface area contributed by atoms with E-state index >= 15 is 0 Å². The van der Waals surface area contributed by atoms with Crippen LogP contribution in [-0.2, 0) is 19.6 Å². The van der Waals surface area contributed by atoms with E-state index in [2.05, 4.69) is 10.0 Å². The van der Waals surface area contributed by atoms with Crippen molar-refractivity contribution in [3.05, 3.63) is 54.1 Å². The molecule has 3 aliphatic rings. The maximum Gasteiger partial charge on any atom is 0.261 e. The molecule has 1 saturated carbocycles. The van der Waals surface area contributed by atoms with Gasteiger partial charge in [-0.05, 0) is 49.6 Å². The van der Waals surface area contributed by atoms with Crippen LogP contribution in [0.4, 0.5) is 5.69 Å². The zero-order valence-electron chi connectivity index (χ0n) is 19.6. The predicted molar refractivity (Wildman–Crippen MR) is 131 cm³/mol. The van der Waals surface area contributed by atoms with Crippen molar-refractivity contribution < 1.29 is 27.8 Å². The molecule has 2 fully saturated rings. The van der Waals surface area contributed by atoms with Gasteiger partial charge in [0.05, 0.1) is 24.0 Å². The van der Waals surface area contributed by atoms with Gasteiger partial charge < -0.3 is 19.9 Å². The van der Waals surface area contributed by atoms with Crippen molar-refractivity contribution in [2.45, 2.75) is 80.1 Å². The Bertz CT molecular complexity index is 1150. The molecule has 9 heteroatoms. The molecule has 4 atom stereocenters. The number of aliphatic hydroxyl groups is 1. The number of fused-ring (bicyclic) bond motifs is 3. The molecule has 0 unspecified atom stereocenters. The molecule has 3 N–H and O–H groups in total. The maximum atomic E-state index is 12.8. The van der Waals surface area contributed by atoms with Gasteiger partial charge in [-0.15, -0.1) is 0 Å². The van der Waals surface area contributed by atoms with E-state index in [-0.39, 0.29) is 48.0 Å². The van der Waals surface area contributed by atoms with Gasteiger partial charge in [-0.1, -0.05) is 37.5 Å². The highest BCUT2D eigenvalue weighted by molar-refractivity contribution is 7.92. The Morgan fingerprint density at radius 1 is 1.06 bits per heavy atom. The van der Waals surface area contributed by atoms with Crippen molar-refractivity contribution in [2.24, 2.45) is 0 Å². The smallest absolute Gasteiger partial charge is 0.261 e. The third-order valence-corrected chi connectivity index (χ3v) is 8.59. The second kappa shape index (κ2) is 10.2. The molecule has 0 radical (unpaired) electrons. The molecular weight excluding hydrogens is 468 g/mol.